The summed E-state index contributed by atoms with van der Waals surface area (Å²) in [5.74, 6) is 0. The number of hydrogen-bond acceptors (Lipinski definition) is 18. The summed E-state index contributed by atoms with van der Waals surface area (Å²) in [7, 11) is -15.2. The summed E-state index contributed by atoms with van der Waals surface area (Å²) in [5, 5.41) is 49.2. The first-order valence-electron chi connectivity index (χ1n) is 7.24. The van der Waals surface area contributed by atoms with Crippen molar-refractivity contribution < 1.29 is 121 Å². The molecule has 6 N–H and O–H groups in total. The van der Waals surface area contributed by atoms with E-state index in [2.05, 4.69) is 13.6 Å². The molecule has 0 fully saturated rings. The van der Waals surface area contributed by atoms with Gasteiger partial charge in [-0.3, -0.25) is 0 Å². The van der Waals surface area contributed by atoms with Crippen molar-refractivity contribution in [3.63, 3.8) is 0 Å². The summed E-state index contributed by atoms with van der Waals surface area (Å²) in [6.45, 7) is -4.22. The Morgan fingerprint density at radius 1 is 0.469 bits per heavy atom. The molecule has 0 aliphatic heterocycles. The van der Waals surface area contributed by atoms with Crippen LogP contribution < -0.4 is 29.4 Å². The normalized spacial score (nSPS) is 11.7. The van der Waals surface area contributed by atoms with Crippen molar-refractivity contribution in [2.75, 3.05) is 39.6 Å². The second-order valence-electron chi connectivity index (χ2n) is 4.62. The Balaban J connectivity index is -0.000000110. The van der Waals surface area contributed by atoms with E-state index in [1.54, 1.807) is 0 Å². The van der Waals surface area contributed by atoms with Gasteiger partial charge in [-0.2, -0.15) is 0 Å². The predicted molar refractivity (Wildman–Crippen MR) is 80.0 cm³/mol. The second kappa shape index (κ2) is 22.6. The van der Waals surface area contributed by atoms with Crippen molar-refractivity contribution in [1.82, 2.24) is 0 Å². The monoisotopic (exact) mass is 622 g/mol. The first kappa shape index (κ1) is 43.2. The van der Waals surface area contributed by atoms with Gasteiger partial charge in [0.05, 0.1) is 63.1 Å². The van der Waals surface area contributed by atoms with Crippen LogP contribution in [0.15, 0.2) is 0 Å². The third-order valence-corrected chi connectivity index (χ3v) is 3.73. The van der Waals surface area contributed by atoms with E-state index >= 15 is 0 Å². The van der Waals surface area contributed by atoms with Gasteiger partial charge in [0.1, 0.15) is 18.3 Å². The van der Waals surface area contributed by atoms with Crippen LogP contribution in [0.2, 0.25) is 0 Å². The summed E-state index contributed by atoms with van der Waals surface area (Å²) in [4.78, 5) is 58.7. The van der Waals surface area contributed by atoms with Crippen LogP contribution in [0.25, 0.3) is 0 Å². The molecule has 0 rings (SSSR count). The Labute approximate surface area is 202 Å². The van der Waals surface area contributed by atoms with Crippen LogP contribution in [0.1, 0.15) is 0 Å². The van der Waals surface area contributed by atoms with Gasteiger partial charge >= 0.3 is 34.1 Å². The quantitative estimate of drug-likeness (QED) is 0.0869. The number of aliphatic hydroxyl groups is 6. The van der Waals surface area contributed by atoms with Crippen LogP contribution in [-0.2, 0) is 61.4 Å². The maximum Gasteiger partial charge on any atom is 3.00 e. The van der Waals surface area contributed by atoms with Gasteiger partial charge in [-0.15, -0.1) is 0 Å². The predicted octanol–water partition coefficient (Wildman–Crippen LogP) is -8.45. The van der Waals surface area contributed by atoms with Gasteiger partial charge in [-0.05, 0) is 0 Å². The largest absolute Gasteiger partial charge is 3.00 e. The minimum absolute atomic E-state index is 0. The molecule has 0 aliphatic rings. The number of phosphoric ester groups is 3. The van der Waals surface area contributed by atoms with Crippen LogP contribution >= 0.6 is 23.5 Å². The molecule has 0 aromatic carbocycles. The number of rotatable bonds is 12. The van der Waals surface area contributed by atoms with Gasteiger partial charge in [-0.1, -0.05) is 0 Å². The van der Waals surface area contributed by atoms with Gasteiger partial charge in [0.25, 0.3) is 0 Å². The van der Waals surface area contributed by atoms with Gasteiger partial charge in [-0.25, -0.2) is 0 Å². The van der Waals surface area contributed by atoms with E-state index in [0.717, 1.165) is 0 Å². The van der Waals surface area contributed by atoms with Gasteiger partial charge in [0, 0.05) is 0 Å². The zero-order valence-corrected chi connectivity index (χ0v) is 20.5. The van der Waals surface area contributed by atoms with E-state index in [1.807, 2.05) is 0 Å². The second-order valence-corrected chi connectivity index (χ2v) is 7.94. The molecule has 0 aromatic rings. The van der Waals surface area contributed by atoms with E-state index in [9.17, 15) is 43.1 Å². The maximum atomic E-state index is 9.79. The fourth-order valence-electron chi connectivity index (χ4n) is 0.921. The molecule has 23 heteroatoms. The fourth-order valence-corrected chi connectivity index (χ4v) is 2.42. The standard InChI is InChI=1S/3C3H9O6P.2Fe/c3*4-1-3(2-5)9-10(6,7)8;;/h3*3-5H,1-2H2,(H2,6,7,8);;/q;;;2*+3/p-6. The van der Waals surface area contributed by atoms with Crippen LogP contribution in [0.5, 0.6) is 0 Å². The summed E-state index contributed by atoms with van der Waals surface area (Å²) >= 11 is 0. The first-order valence-corrected chi connectivity index (χ1v) is 11.6. The molecule has 0 amide bonds. The Morgan fingerprint density at radius 2 is 0.594 bits per heavy atom. The van der Waals surface area contributed by atoms with Crippen molar-refractivity contribution in [2.24, 2.45) is 0 Å². The van der Waals surface area contributed by atoms with Crippen molar-refractivity contribution in [1.29, 1.82) is 0 Å². The molecule has 0 aliphatic carbocycles. The van der Waals surface area contributed by atoms with Gasteiger partial charge < -0.3 is 87.3 Å². The smallest absolute Gasteiger partial charge is 0.790 e. The molecule has 0 saturated heterocycles. The molecule has 0 spiro atoms. The third-order valence-electron chi connectivity index (χ3n) is 2.06. The molecular weight excluding hydrogens is 601 g/mol. The summed E-state index contributed by atoms with van der Waals surface area (Å²) in [5.41, 5.74) is 0. The van der Waals surface area contributed by atoms with Crippen molar-refractivity contribution in [3.8, 4) is 0 Å². The zero-order chi connectivity index (χ0) is 24.6. The summed E-state index contributed by atoms with van der Waals surface area (Å²) in [6, 6.07) is 0. The van der Waals surface area contributed by atoms with E-state index in [0.29, 0.717) is 0 Å². The molecule has 0 unspecified atom stereocenters. The molecule has 2 radical (unpaired) electrons. The average Bonchev–Trinajstić information content (AvgIpc) is 2.60. The van der Waals surface area contributed by atoms with Crippen molar-refractivity contribution in [3.05, 3.63) is 0 Å². The molecule has 0 saturated carbocycles. The van der Waals surface area contributed by atoms with Crippen LogP contribution in [0.3, 0.4) is 0 Å². The SMILES string of the molecule is O=P([O-])([O-])OC(CO)CO.O=P([O-])([O-])OC(CO)CO.O=P([O-])([O-])OC(CO)CO.[Fe+3].[Fe+3]. The van der Waals surface area contributed by atoms with E-state index in [4.69, 9.17) is 30.6 Å². The van der Waals surface area contributed by atoms with Gasteiger partial charge in [0.2, 0.25) is 0 Å². The average molecular weight is 622 g/mol. The van der Waals surface area contributed by atoms with E-state index in [-0.39, 0.29) is 34.1 Å². The number of hydrogen-bond donors (Lipinski definition) is 6. The molecule has 0 bridgehead atoms. The zero-order valence-electron chi connectivity index (χ0n) is 15.6. The maximum absolute atomic E-state index is 9.79. The molecule has 32 heavy (non-hydrogen) atoms. The van der Waals surface area contributed by atoms with Crippen molar-refractivity contribution in [2.45, 2.75) is 18.3 Å². The van der Waals surface area contributed by atoms with E-state index < -0.39 is 81.4 Å². The number of phosphoric acid groups is 3. The minimum atomic E-state index is -5.07. The molecule has 18 nitrogen and oxygen atoms in total. The Bertz CT molecular complexity index is 462. The van der Waals surface area contributed by atoms with Crippen LogP contribution in [0, 0.1) is 0 Å². The molecule has 196 valence electrons. The topological polar surface area (TPSA) is 339 Å². The van der Waals surface area contributed by atoms with Crippen LogP contribution in [-0.4, -0.2) is 88.6 Å². The summed E-state index contributed by atoms with van der Waals surface area (Å²) in [6.07, 6.45) is -4.00. The van der Waals surface area contributed by atoms with Crippen LogP contribution in [0.4, 0.5) is 0 Å². The van der Waals surface area contributed by atoms with Gasteiger partial charge in [0.15, 0.2) is 0 Å². The Hall–Kier alpha value is 1.13. The molecule has 0 aromatic heterocycles. The fraction of sp³-hybridized carbons (Fsp3) is 1.00. The van der Waals surface area contributed by atoms with E-state index in [1.165, 1.54) is 0 Å². The summed E-state index contributed by atoms with van der Waals surface area (Å²) < 4.78 is 40.4. The minimum Gasteiger partial charge on any atom is -0.790 e. The van der Waals surface area contributed by atoms with Crippen molar-refractivity contribution >= 4 is 23.5 Å². The molecular formula is C9H21Fe2O18P3. The molecule has 0 heterocycles. The first-order chi connectivity index (χ1) is 13.5. The third kappa shape index (κ3) is 35.7. The number of aliphatic hydroxyl groups excluding tert-OH is 6. The Morgan fingerprint density at radius 3 is 0.625 bits per heavy atom. The Kier molecular flexibility index (Phi) is 30.5. The molecule has 0 atom stereocenters.